The van der Waals surface area contributed by atoms with Gasteiger partial charge in [-0.25, -0.2) is 4.39 Å². The summed E-state index contributed by atoms with van der Waals surface area (Å²) in [6.07, 6.45) is 0. The zero-order chi connectivity index (χ0) is 14.0. The van der Waals surface area contributed by atoms with Crippen molar-refractivity contribution < 1.29 is 4.39 Å². The number of halogens is 1. The predicted molar refractivity (Wildman–Crippen MR) is 81.5 cm³/mol. The van der Waals surface area contributed by atoms with Crippen LogP contribution in [0.5, 0.6) is 0 Å². The number of nitrogens with one attached hydrogen (secondary N) is 1. The summed E-state index contributed by atoms with van der Waals surface area (Å²) >= 11 is 4.94. The van der Waals surface area contributed by atoms with Gasteiger partial charge in [0.2, 0.25) is 0 Å². The van der Waals surface area contributed by atoms with Crippen LogP contribution in [0.25, 0.3) is 0 Å². The molecule has 0 aliphatic rings. The Morgan fingerprint density at radius 1 is 1.11 bits per heavy atom. The Morgan fingerprint density at radius 2 is 1.84 bits per heavy atom. The van der Waals surface area contributed by atoms with E-state index < -0.39 is 0 Å². The van der Waals surface area contributed by atoms with Crippen molar-refractivity contribution in [2.75, 3.05) is 5.32 Å². The van der Waals surface area contributed by atoms with E-state index in [0.29, 0.717) is 11.3 Å². The van der Waals surface area contributed by atoms with Gasteiger partial charge in [0, 0.05) is 16.9 Å². The number of aryl methyl sites for hydroxylation is 2. The second kappa shape index (κ2) is 5.36. The summed E-state index contributed by atoms with van der Waals surface area (Å²) in [6.45, 7) is 4.09. The molecule has 0 heterocycles. The van der Waals surface area contributed by atoms with Crippen molar-refractivity contribution in [2.24, 2.45) is 5.73 Å². The first-order valence-corrected chi connectivity index (χ1v) is 6.32. The molecule has 0 aliphatic carbocycles. The molecule has 2 rings (SSSR count). The number of thiocarbonyl (C=S) groups is 1. The fourth-order valence-corrected chi connectivity index (χ4v) is 1.97. The van der Waals surface area contributed by atoms with Crippen LogP contribution in [-0.2, 0) is 0 Å². The topological polar surface area (TPSA) is 38.0 Å². The van der Waals surface area contributed by atoms with Crippen LogP contribution in [0, 0.1) is 19.7 Å². The number of nitrogens with two attached hydrogens (primary N) is 1. The zero-order valence-electron chi connectivity index (χ0n) is 10.8. The summed E-state index contributed by atoms with van der Waals surface area (Å²) in [5.41, 5.74) is 10.2. The molecular weight excluding hydrogens is 259 g/mol. The summed E-state index contributed by atoms with van der Waals surface area (Å²) in [6, 6.07) is 10.4. The van der Waals surface area contributed by atoms with Crippen molar-refractivity contribution in [3.05, 3.63) is 58.9 Å². The van der Waals surface area contributed by atoms with Gasteiger partial charge in [-0.05, 0) is 55.3 Å². The average molecular weight is 274 g/mol. The molecule has 0 saturated heterocycles. The molecule has 0 aromatic heterocycles. The Balaban J connectivity index is 2.37. The second-order valence-electron chi connectivity index (χ2n) is 4.48. The number of hydrogen-bond donors (Lipinski definition) is 2. The first kappa shape index (κ1) is 13.5. The standard InChI is InChI=1S/C15H15FN2S/c1-9-3-5-12(7-10(9)2)18-14-6-4-11(16)8-13(14)15(17)19/h3-8,18H,1-2H3,(H2,17,19). The summed E-state index contributed by atoms with van der Waals surface area (Å²) in [5.74, 6) is -0.353. The van der Waals surface area contributed by atoms with Crippen LogP contribution in [0.4, 0.5) is 15.8 Å². The number of benzene rings is 2. The normalized spacial score (nSPS) is 10.3. The maximum absolute atomic E-state index is 13.2. The molecule has 0 fully saturated rings. The molecule has 0 radical (unpaired) electrons. The van der Waals surface area contributed by atoms with Crippen molar-refractivity contribution in [3.8, 4) is 0 Å². The van der Waals surface area contributed by atoms with Crippen LogP contribution in [0.1, 0.15) is 16.7 Å². The van der Waals surface area contributed by atoms with Crippen LogP contribution in [0.2, 0.25) is 0 Å². The van der Waals surface area contributed by atoms with Gasteiger partial charge in [-0.1, -0.05) is 18.3 Å². The summed E-state index contributed by atoms with van der Waals surface area (Å²) in [7, 11) is 0. The zero-order valence-corrected chi connectivity index (χ0v) is 11.6. The smallest absolute Gasteiger partial charge is 0.124 e. The van der Waals surface area contributed by atoms with Gasteiger partial charge in [0.15, 0.2) is 0 Å². The van der Waals surface area contributed by atoms with Gasteiger partial charge in [-0.15, -0.1) is 0 Å². The third-order valence-electron chi connectivity index (χ3n) is 3.03. The van der Waals surface area contributed by atoms with Crippen molar-refractivity contribution in [1.29, 1.82) is 0 Å². The van der Waals surface area contributed by atoms with E-state index in [9.17, 15) is 4.39 Å². The number of hydrogen-bond acceptors (Lipinski definition) is 2. The molecule has 0 atom stereocenters. The van der Waals surface area contributed by atoms with Gasteiger partial charge in [0.25, 0.3) is 0 Å². The third kappa shape index (κ3) is 3.09. The SMILES string of the molecule is Cc1ccc(Nc2ccc(F)cc2C(N)=S)cc1C. The van der Waals surface area contributed by atoms with Crippen LogP contribution >= 0.6 is 12.2 Å². The van der Waals surface area contributed by atoms with Crippen LogP contribution in [-0.4, -0.2) is 4.99 Å². The van der Waals surface area contributed by atoms with E-state index in [4.69, 9.17) is 18.0 Å². The first-order chi connectivity index (χ1) is 8.97. The molecule has 4 heteroatoms. The highest BCUT2D eigenvalue weighted by molar-refractivity contribution is 7.80. The lowest BCUT2D eigenvalue weighted by Gasteiger charge is -2.12. The molecular formula is C15H15FN2S. The van der Waals surface area contributed by atoms with E-state index >= 15 is 0 Å². The van der Waals surface area contributed by atoms with Crippen molar-refractivity contribution >= 4 is 28.6 Å². The maximum Gasteiger partial charge on any atom is 0.124 e. The molecule has 2 aromatic rings. The maximum atomic E-state index is 13.2. The fourth-order valence-electron chi connectivity index (χ4n) is 1.80. The van der Waals surface area contributed by atoms with E-state index in [2.05, 4.69) is 12.2 Å². The van der Waals surface area contributed by atoms with Crippen molar-refractivity contribution in [3.63, 3.8) is 0 Å². The van der Waals surface area contributed by atoms with Gasteiger partial charge in [-0.2, -0.15) is 0 Å². The monoisotopic (exact) mass is 274 g/mol. The molecule has 0 spiro atoms. The van der Waals surface area contributed by atoms with Gasteiger partial charge < -0.3 is 11.1 Å². The Bertz CT molecular complexity index is 638. The Labute approximate surface area is 117 Å². The molecule has 0 saturated carbocycles. The Kier molecular flexibility index (Phi) is 3.81. The molecule has 0 unspecified atom stereocenters. The molecule has 0 bridgehead atoms. The molecule has 0 amide bonds. The molecule has 0 aliphatic heterocycles. The Morgan fingerprint density at radius 3 is 2.47 bits per heavy atom. The minimum atomic E-state index is -0.353. The van der Waals surface area contributed by atoms with E-state index in [1.807, 2.05) is 25.1 Å². The summed E-state index contributed by atoms with van der Waals surface area (Å²) < 4.78 is 13.2. The molecule has 98 valence electrons. The molecule has 3 N–H and O–H groups in total. The van der Waals surface area contributed by atoms with Crippen molar-refractivity contribution in [1.82, 2.24) is 0 Å². The predicted octanol–water partition coefficient (Wildman–Crippen LogP) is 3.82. The van der Waals surface area contributed by atoms with E-state index in [1.165, 1.54) is 23.3 Å². The lowest BCUT2D eigenvalue weighted by Crippen LogP contribution is -2.12. The summed E-state index contributed by atoms with van der Waals surface area (Å²) in [5, 5.41) is 3.21. The van der Waals surface area contributed by atoms with Gasteiger partial charge in [0.05, 0.1) is 0 Å². The van der Waals surface area contributed by atoms with E-state index in [1.54, 1.807) is 6.07 Å². The average Bonchev–Trinajstić information content (AvgIpc) is 2.36. The van der Waals surface area contributed by atoms with Crippen LogP contribution in [0.3, 0.4) is 0 Å². The summed E-state index contributed by atoms with van der Waals surface area (Å²) in [4.78, 5) is 0.172. The minimum absolute atomic E-state index is 0.172. The fraction of sp³-hybridized carbons (Fsp3) is 0.133. The molecule has 2 aromatic carbocycles. The highest BCUT2D eigenvalue weighted by atomic mass is 32.1. The molecule has 2 nitrogen and oxygen atoms in total. The highest BCUT2D eigenvalue weighted by Crippen LogP contribution is 2.23. The lowest BCUT2D eigenvalue weighted by atomic mass is 10.1. The van der Waals surface area contributed by atoms with Gasteiger partial charge in [-0.3, -0.25) is 0 Å². The highest BCUT2D eigenvalue weighted by Gasteiger charge is 2.07. The minimum Gasteiger partial charge on any atom is -0.389 e. The largest absolute Gasteiger partial charge is 0.389 e. The first-order valence-electron chi connectivity index (χ1n) is 5.91. The third-order valence-corrected chi connectivity index (χ3v) is 3.25. The molecule has 19 heavy (non-hydrogen) atoms. The van der Waals surface area contributed by atoms with Gasteiger partial charge >= 0.3 is 0 Å². The van der Waals surface area contributed by atoms with Crippen LogP contribution in [0.15, 0.2) is 36.4 Å². The van der Waals surface area contributed by atoms with Gasteiger partial charge in [0.1, 0.15) is 10.8 Å². The number of rotatable bonds is 3. The van der Waals surface area contributed by atoms with E-state index in [-0.39, 0.29) is 10.8 Å². The van der Waals surface area contributed by atoms with Crippen LogP contribution < -0.4 is 11.1 Å². The lowest BCUT2D eigenvalue weighted by molar-refractivity contribution is 0.628. The van der Waals surface area contributed by atoms with E-state index in [0.717, 1.165) is 5.69 Å². The van der Waals surface area contributed by atoms with Crippen molar-refractivity contribution in [2.45, 2.75) is 13.8 Å². The second-order valence-corrected chi connectivity index (χ2v) is 4.92. The Hall–Kier alpha value is -1.94. The number of anilines is 2. The quantitative estimate of drug-likeness (QED) is 0.836.